The number of benzene rings is 1. The van der Waals surface area contributed by atoms with E-state index in [1.165, 1.54) is 26.0 Å². The zero-order valence-electron chi connectivity index (χ0n) is 8.67. The van der Waals surface area contributed by atoms with Crippen molar-refractivity contribution in [1.82, 2.24) is 0 Å². The third kappa shape index (κ3) is 2.38. The molecule has 0 aromatic heterocycles. The lowest BCUT2D eigenvalue weighted by Gasteiger charge is -2.10. The molecule has 1 aromatic rings. The molecule has 0 aliphatic heterocycles. The molecule has 0 amide bonds. The van der Waals surface area contributed by atoms with Gasteiger partial charge in [0, 0.05) is 0 Å². The van der Waals surface area contributed by atoms with Crippen molar-refractivity contribution in [3.63, 3.8) is 0 Å². The molecule has 1 rings (SSSR count). The van der Waals surface area contributed by atoms with E-state index in [4.69, 9.17) is 16.3 Å². The number of halogens is 1. The molecule has 0 aliphatic carbocycles. The lowest BCUT2D eigenvalue weighted by Crippen LogP contribution is -2.03. The summed E-state index contributed by atoms with van der Waals surface area (Å²) >= 11 is 7.53. The van der Waals surface area contributed by atoms with Crippen LogP contribution in [0.5, 0.6) is 5.75 Å². The fraction of sp³-hybridized carbons (Fsp3) is 0.300. The molecule has 0 atom stereocenters. The molecule has 0 spiro atoms. The van der Waals surface area contributed by atoms with Crippen LogP contribution < -0.4 is 4.74 Å². The highest BCUT2D eigenvalue weighted by atomic mass is 35.5. The lowest BCUT2D eigenvalue weighted by molar-refractivity contribution is 0.0600. The second-order valence-electron chi connectivity index (χ2n) is 2.65. The van der Waals surface area contributed by atoms with Crippen molar-refractivity contribution in [2.45, 2.75) is 4.90 Å². The van der Waals surface area contributed by atoms with Gasteiger partial charge < -0.3 is 9.47 Å². The number of rotatable bonds is 3. The normalized spacial score (nSPS) is 9.87. The van der Waals surface area contributed by atoms with Gasteiger partial charge in [-0.2, -0.15) is 0 Å². The Morgan fingerprint density at radius 1 is 1.40 bits per heavy atom. The molecule has 0 fully saturated rings. The fourth-order valence-corrected chi connectivity index (χ4v) is 2.11. The topological polar surface area (TPSA) is 35.5 Å². The first kappa shape index (κ1) is 12.2. The summed E-state index contributed by atoms with van der Waals surface area (Å²) in [5, 5.41) is 0.288. The van der Waals surface area contributed by atoms with Crippen LogP contribution in [-0.4, -0.2) is 26.4 Å². The predicted octanol–water partition coefficient (Wildman–Crippen LogP) is 2.86. The van der Waals surface area contributed by atoms with Gasteiger partial charge in [-0.15, -0.1) is 11.8 Å². The van der Waals surface area contributed by atoms with Crippen molar-refractivity contribution < 1.29 is 14.3 Å². The minimum atomic E-state index is -0.467. The Morgan fingerprint density at radius 2 is 2.07 bits per heavy atom. The maximum absolute atomic E-state index is 11.3. The third-order valence-electron chi connectivity index (χ3n) is 1.89. The van der Waals surface area contributed by atoms with Crippen molar-refractivity contribution in [3.8, 4) is 5.75 Å². The van der Waals surface area contributed by atoms with Gasteiger partial charge in [0.15, 0.2) is 5.75 Å². The minimum Gasteiger partial charge on any atom is -0.494 e. The average molecular weight is 247 g/mol. The molecule has 0 saturated heterocycles. The maximum Gasteiger partial charge on any atom is 0.339 e. The SMILES string of the molecule is COC(=O)c1ccc(SC)c(OC)c1Cl. The summed E-state index contributed by atoms with van der Waals surface area (Å²) in [7, 11) is 2.83. The van der Waals surface area contributed by atoms with Crippen LogP contribution >= 0.6 is 23.4 Å². The van der Waals surface area contributed by atoms with Gasteiger partial charge in [0.05, 0.1) is 29.7 Å². The molecule has 15 heavy (non-hydrogen) atoms. The smallest absolute Gasteiger partial charge is 0.339 e. The second-order valence-corrected chi connectivity index (χ2v) is 3.88. The quantitative estimate of drug-likeness (QED) is 0.607. The van der Waals surface area contributed by atoms with Gasteiger partial charge in [0.1, 0.15) is 0 Å². The van der Waals surface area contributed by atoms with Crippen LogP contribution in [0.4, 0.5) is 0 Å². The first-order valence-electron chi connectivity index (χ1n) is 4.14. The Bertz CT molecular complexity index is 379. The molecule has 0 saturated carbocycles. The monoisotopic (exact) mass is 246 g/mol. The largest absolute Gasteiger partial charge is 0.494 e. The molecule has 5 heteroatoms. The molecule has 3 nitrogen and oxygen atoms in total. The summed E-state index contributed by atoms with van der Waals surface area (Å²) in [5.41, 5.74) is 0.314. The molecular formula is C10H11ClO3S. The van der Waals surface area contributed by atoms with Gasteiger partial charge in [0.2, 0.25) is 0 Å². The number of methoxy groups -OCH3 is 2. The van der Waals surface area contributed by atoms with E-state index in [9.17, 15) is 4.79 Å². The summed E-state index contributed by atoms with van der Waals surface area (Å²) < 4.78 is 9.75. The molecule has 0 unspecified atom stereocenters. The van der Waals surface area contributed by atoms with Crippen LogP contribution in [-0.2, 0) is 4.74 Å². The zero-order valence-corrected chi connectivity index (χ0v) is 10.2. The van der Waals surface area contributed by atoms with E-state index >= 15 is 0 Å². The standard InChI is InChI=1S/C10H11ClO3S/c1-13-9-7(15-3)5-4-6(8(9)11)10(12)14-2/h4-5H,1-3H3. The van der Waals surface area contributed by atoms with Crippen molar-refractivity contribution in [1.29, 1.82) is 0 Å². The van der Waals surface area contributed by atoms with Crippen molar-refractivity contribution in [2.75, 3.05) is 20.5 Å². The number of hydrogen-bond acceptors (Lipinski definition) is 4. The summed E-state index contributed by atoms with van der Waals surface area (Å²) in [6.07, 6.45) is 1.91. The minimum absolute atomic E-state index is 0.288. The van der Waals surface area contributed by atoms with Crippen molar-refractivity contribution >= 4 is 29.3 Å². The number of thioether (sulfide) groups is 1. The van der Waals surface area contributed by atoms with Crippen LogP contribution in [0.1, 0.15) is 10.4 Å². The van der Waals surface area contributed by atoms with Gasteiger partial charge in [-0.1, -0.05) is 11.6 Å². The summed E-state index contributed by atoms with van der Waals surface area (Å²) in [6, 6.07) is 3.41. The Balaban J connectivity index is 3.29. The fourth-order valence-electron chi connectivity index (χ4n) is 1.16. The van der Waals surface area contributed by atoms with Crippen molar-refractivity contribution in [3.05, 3.63) is 22.7 Å². The van der Waals surface area contributed by atoms with Crippen LogP contribution in [0.3, 0.4) is 0 Å². The van der Waals surface area contributed by atoms with Crippen molar-refractivity contribution in [2.24, 2.45) is 0 Å². The molecule has 0 bridgehead atoms. The summed E-state index contributed by atoms with van der Waals surface area (Å²) in [5.74, 6) is 0.0398. The highest BCUT2D eigenvalue weighted by Crippen LogP contribution is 2.37. The van der Waals surface area contributed by atoms with E-state index in [1.807, 2.05) is 6.26 Å². The molecule has 82 valence electrons. The second kappa shape index (κ2) is 5.28. The molecule has 0 radical (unpaired) electrons. The lowest BCUT2D eigenvalue weighted by atomic mass is 10.2. The first-order chi connectivity index (χ1) is 7.15. The summed E-state index contributed by atoms with van der Waals surface area (Å²) in [4.78, 5) is 12.2. The van der Waals surface area contributed by atoms with E-state index in [-0.39, 0.29) is 5.02 Å². The van der Waals surface area contributed by atoms with Gasteiger partial charge >= 0.3 is 5.97 Å². The number of carbonyl (C=O) groups is 1. The summed E-state index contributed by atoms with van der Waals surface area (Å²) in [6.45, 7) is 0. The van der Waals surface area contributed by atoms with Gasteiger partial charge in [-0.3, -0.25) is 0 Å². The van der Waals surface area contributed by atoms with E-state index in [1.54, 1.807) is 12.1 Å². The number of carbonyl (C=O) groups excluding carboxylic acids is 1. The van der Waals surface area contributed by atoms with Crippen LogP contribution in [0.25, 0.3) is 0 Å². The van der Waals surface area contributed by atoms with Gasteiger partial charge in [0.25, 0.3) is 0 Å². The zero-order chi connectivity index (χ0) is 11.4. The Hall–Kier alpha value is -0.870. The van der Waals surface area contributed by atoms with E-state index in [0.717, 1.165) is 4.90 Å². The first-order valence-corrected chi connectivity index (χ1v) is 5.74. The highest BCUT2D eigenvalue weighted by Gasteiger charge is 2.17. The molecule has 0 heterocycles. The Morgan fingerprint density at radius 3 is 2.53 bits per heavy atom. The molecular weight excluding hydrogens is 236 g/mol. The molecule has 0 aliphatic rings. The van der Waals surface area contributed by atoms with Gasteiger partial charge in [-0.25, -0.2) is 4.79 Å². The third-order valence-corrected chi connectivity index (χ3v) is 3.03. The number of esters is 1. The van der Waals surface area contributed by atoms with Crippen LogP contribution in [0.2, 0.25) is 5.02 Å². The molecule has 1 aromatic carbocycles. The predicted molar refractivity (Wildman–Crippen MR) is 61.1 cm³/mol. The Kier molecular flexibility index (Phi) is 4.29. The Labute approximate surface area is 97.7 Å². The molecule has 0 N–H and O–H groups in total. The van der Waals surface area contributed by atoms with Gasteiger partial charge in [-0.05, 0) is 18.4 Å². The average Bonchev–Trinajstić information content (AvgIpc) is 2.27. The van der Waals surface area contributed by atoms with E-state index in [2.05, 4.69) is 4.74 Å². The van der Waals surface area contributed by atoms with Crippen LogP contribution in [0, 0.1) is 0 Å². The van der Waals surface area contributed by atoms with E-state index < -0.39 is 5.97 Å². The van der Waals surface area contributed by atoms with E-state index in [0.29, 0.717) is 11.3 Å². The number of ether oxygens (including phenoxy) is 2. The highest BCUT2D eigenvalue weighted by molar-refractivity contribution is 7.98. The van der Waals surface area contributed by atoms with Crippen LogP contribution in [0.15, 0.2) is 17.0 Å². The number of hydrogen-bond donors (Lipinski definition) is 0. The maximum atomic E-state index is 11.3.